The lowest BCUT2D eigenvalue weighted by molar-refractivity contribution is 0.468. The van der Waals surface area contributed by atoms with Gasteiger partial charge < -0.3 is 15.5 Å². The van der Waals surface area contributed by atoms with Crippen LogP contribution >= 0.6 is 11.6 Å². The molecule has 0 aliphatic rings. The van der Waals surface area contributed by atoms with Crippen molar-refractivity contribution in [2.75, 3.05) is 5.32 Å². The highest BCUT2D eigenvalue weighted by Crippen LogP contribution is 2.39. The van der Waals surface area contributed by atoms with Gasteiger partial charge >= 0.3 is 0 Å². The SMILES string of the molecule is Oc1cccnc1NC(c1ccccc1Cl)c1ccc2cccnc2c1O. The number of halogens is 1. The second kappa shape index (κ2) is 7.13. The number of anilines is 1. The number of fused-ring (bicyclic) bond motifs is 1. The highest BCUT2D eigenvalue weighted by Gasteiger charge is 2.23. The zero-order valence-corrected chi connectivity index (χ0v) is 14.9. The number of rotatable bonds is 4. The van der Waals surface area contributed by atoms with Crippen LogP contribution in [0.25, 0.3) is 10.9 Å². The highest BCUT2D eigenvalue weighted by atomic mass is 35.5. The molecule has 27 heavy (non-hydrogen) atoms. The lowest BCUT2D eigenvalue weighted by Crippen LogP contribution is -2.14. The molecule has 0 aliphatic carbocycles. The third-order valence-electron chi connectivity index (χ3n) is 4.37. The first kappa shape index (κ1) is 17.1. The Labute approximate surface area is 160 Å². The van der Waals surface area contributed by atoms with Gasteiger partial charge in [0.2, 0.25) is 0 Å². The number of benzene rings is 2. The summed E-state index contributed by atoms with van der Waals surface area (Å²) in [5, 5.41) is 25.6. The Morgan fingerprint density at radius 2 is 1.59 bits per heavy atom. The van der Waals surface area contributed by atoms with Gasteiger partial charge in [-0.05, 0) is 29.8 Å². The van der Waals surface area contributed by atoms with E-state index in [1.54, 1.807) is 30.6 Å². The summed E-state index contributed by atoms with van der Waals surface area (Å²) in [5.74, 6) is 0.358. The number of phenols is 1. The molecule has 2 aromatic heterocycles. The zero-order chi connectivity index (χ0) is 18.8. The van der Waals surface area contributed by atoms with Crippen LogP contribution in [0.4, 0.5) is 5.82 Å². The normalized spacial score (nSPS) is 12.0. The molecule has 0 saturated heterocycles. The van der Waals surface area contributed by atoms with E-state index in [0.717, 1.165) is 10.9 Å². The van der Waals surface area contributed by atoms with Crippen molar-refractivity contribution in [1.82, 2.24) is 9.97 Å². The molecule has 2 heterocycles. The van der Waals surface area contributed by atoms with E-state index in [-0.39, 0.29) is 11.5 Å². The summed E-state index contributed by atoms with van der Waals surface area (Å²) >= 11 is 6.43. The maximum atomic E-state index is 10.9. The maximum Gasteiger partial charge on any atom is 0.169 e. The molecule has 2 aromatic carbocycles. The summed E-state index contributed by atoms with van der Waals surface area (Å²) in [7, 11) is 0. The first-order chi connectivity index (χ1) is 13.1. The summed E-state index contributed by atoms with van der Waals surface area (Å²) < 4.78 is 0. The third-order valence-corrected chi connectivity index (χ3v) is 4.72. The van der Waals surface area contributed by atoms with Crippen LogP contribution in [0, 0.1) is 0 Å². The third kappa shape index (κ3) is 3.25. The molecule has 1 unspecified atom stereocenters. The molecule has 6 heteroatoms. The van der Waals surface area contributed by atoms with Gasteiger partial charge in [-0.25, -0.2) is 4.98 Å². The largest absolute Gasteiger partial charge is 0.505 e. The Kier molecular flexibility index (Phi) is 4.52. The Morgan fingerprint density at radius 3 is 2.41 bits per heavy atom. The molecule has 3 N–H and O–H groups in total. The van der Waals surface area contributed by atoms with Crippen LogP contribution < -0.4 is 5.32 Å². The fourth-order valence-corrected chi connectivity index (χ4v) is 3.30. The second-order valence-electron chi connectivity index (χ2n) is 6.05. The Balaban J connectivity index is 1.89. The molecular formula is C21H16ClN3O2. The monoisotopic (exact) mass is 377 g/mol. The van der Waals surface area contributed by atoms with E-state index in [9.17, 15) is 10.2 Å². The van der Waals surface area contributed by atoms with E-state index >= 15 is 0 Å². The van der Waals surface area contributed by atoms with Gasteiger partial charge in [-0.3, -0.25) is 4.98 Å². The first-order valence-electron chi connectivity index (χ1n) is 8.36. The van der Waals surface area contributed by atoms with Crippen LogP contribution in [0.1, 0.15) is 17.2 Å². The topological polar surface area (TPSA) is 78.3 Å². The van der Waals surface area contributed by atoms with E-state index in [4.69, 9.17) is 11.6 Å². The van der Waals surface area contributed by atoms with Crippen molar-refractivity contribution in [3.05, 3.63) is 89.2 Å². The molecule has 1 atom stereocenters. The van der Waals surface area contributed by atoms with E-state index in [1.807, 2.05) is 42.5 Å². The minimum Gasteiger partial charge on any atom is -0.505 e. The first-order valence-corrected chi connectivity index (χ1v) is 8.74. The number of aromatic nitrogens is 2. The van der Waals surface area contributed by atoms with Crippen LogP contribution in [-0.2, 0) is 0 Å². The van der Waals surface area contributed by atoms with Gasteiger partial charge in [0.05, 0.1) is 6.04 Å². The quantitative estimate of drug-likeness (QED) is 0.471. The predicted molar refractivity (Wildman–Crippen MR) is 106 cm³/mol. The van der Waals surface area contributed by atoms with Gasteiger partial charge in [0, 0.05) is 28.4 Å². The van der Waals surface area contributed by atoms with E-state index in [2.05, 4.69) is 15.3 Å². The fourth-order valence-electron chi connectivity index (χ4n) is 3.06. The summed E-state index contributed by atoms with van der Waals surface area (Å²) in [4.78, 5) is 8.48. The van der Waals surface area contributed by atoms with Crippen molar-refractivity contribution in [2.24, 2.45) is 0 Å². The van der Waals surface area contributed by atoms with Crippen LogP contribution in [-0.4, -0.2) is 20.2 Å². The molecule has 5 nitrogen and oxygen atoms in total. The van der Waals surface area contributed by atoms with Crippen molar-refractivity contribution in [3.63, 3.8) is 0 Å². The lowest BCUT2D eigenvalue weighted by Gasteiger charge is -2.23. The zero-order valence-electron chi connectivity index (χ0n) is 14.2. The molecule has 0 spiro atoms. The summed E-state index contributed by atoms with van der Waals surface area (Å²) in [6, 6.07) is 17.4. The van der Waals surface area contributed by atoms with Crippen LogP contribution in [0.15, 0.2) is 73.1 Å². The predicted octanol–water partition coefficient (Wildman–Crippen LogP) is 4.90. The minimum absolute atomic E-state index is 0.00737. The van der Waals surface area contributed by atoms with Gasteiger partial charge in [0.25, 0.3) is 0 Å². The number of phenolic OH excluding ortho intramolecular Hbond substituents is 1. The van der Waals surface area contributed by atoms with Crippen molar-refractivity contribution in [2.45, 2.75) is 6.04 Å². The summed E-state index contributed by atoms with van der Waals surface area (Å²) in [5.41, 5.74) is 1.83. The van der Waals surface area contributed by atoms with E-state index < -0.39 is 6.04 Å². The molecule has 134 valence electrons. The standard InChI is InChI=1S/C21H16ClN3O2/c22-16-7-2-1-6-14(16)19(25-21-17(26)8-4-12-24-21)15-10-9-13-5-3-11-23-18(13)20(15)27/h1-12,19,26-27H,(H,24,25). The average Bonchev–Trinajstić information content (AvgIpc) is 2.69. The number of aromatic hydroxyl groups is 2. The lowest BCUT2D eigenvalue weighted by atomic mass is 9.96. The molecule has 0 aliphatic heterocycles. The smallest absolute Gasteiger partial charge is 0.169 e. The number of nitrogens with zero attached hydrogens (tertiary/aromatic N) is 2. The van der Waals surface area contributed by atoms with Crippen LogP contribution in [0.2, 0.25) is 5.02 Å². The Bertz CT molecular complexity index is 1120. The minimum atomic E-state index is -0.536. The van der Waals surface area contributed by atoms with Crippen molar-refractivity contribution in [1.29, 1.82) is 0 Å². The van der Waals surface area contributed by atoms with Gasteiger partial charge in [-0.15, -0.1) is 0 Å². The van der Waals surface area contributed by atoms with Crippen LogP contribution in [0.5, 0.6) is 11.5 Å². The second-order valence-corrected chi connectivity index (χ2v) is 6.46. The van der Waals surface area contributed by atoms with Crippen LogP contribution in [0.3, 0.4) is 0 Å². The van der Waals surface area contributed by atoms with Gasteiger partial charge in [0.15, 0.2) is 11.6 Å². The molecule has 4 rings (SSSR count). The summed E-state index contributed by atoms with van der Waals surface area (Å²) in [6.45, 7) is 0. The molecule has 0 bridgehead atoms. The maximum absolute atomic E-state index is 10.9. The fraction of sp³-hybridized carbons (Fsp3) is 0.0476. The van der Waals surface area contributed by atoms with Gasteiger partial charge in [-0.1, -0.05) is 48.0 Å². The Morgan fingerprint density at radius 1 is 0.815 bits per heavy atom. The van der Waals surface area contributed by atoms with Gasteiger partial charge in [-0.2, -0.15) is 0 Å². The van der Waals surface area contributed by atoms with E-state index in [1.165, 1.54) is 0 Å². The average molecular weight is 378 g/mol. The number of nitrogens with one attached hydrogen (secondary N) is 1. The molecule has 0 saturated carbocycles. The van der Waals surface area contributed by atoms with E-state index in [0.29, 0.717) is 21.9 Å². The number of hydrogen-bond donors (Lipinski definition) is 3. The summed E-state index contributed by atoms with van der Waals surface area (Å²) in [6.07, 6.45) is 3.21. The Hall–Kier alpha value is -3.31. The van der Waals surface area contributed by atoms with Crippen molar-refractivity contribution >= 4 is 28.3 Å². The highest BCUT2D eigenvalue weighted by molar-refractivity contribution is 6.31. The molecule has 4 aromatic rings. The van der Waals surface area contributed by atoms with Gasteiger partial charge in [0.1, 0.15) is 11.3 Å². The molecular weight excluding hydrogens is 362 g/mol. The molecule has 0 fully saturated rings. The van der Waals surface area contributed by atoms with Crippen molar-refractivity contribution < 1.29 is 10.2 Å². The van der Waals surface area contributed by atoms with Crippen molar-refractivity contribution in [3.8, 4) is 11.5 Å². The molecule has 0 radical (unpaired) electrons. The molecule has 0 amide bonds. The number of hydrogen-bond acceptors (Lipinski definition) is 5. The number of pyridine rings is 2.